The standard InChI is InChI=1S/C18H23N5O3/c1-4-10-19-17-20-15-14(16(24)21-18(25)22(15)2)23(17)11-9-12-5-7-13(26-3)8-6-12/h5-8H,4,9-11H2,1-3H3,(H,19,20)(H,21,24,25). The minimum atomic E-state index is -0.468. The zero-order valence-electron chi connectivity index (χ0n) is 15.2. The second-order valence-corrected chi connectivity index (χ2v) is 6.10. The molecule has 0 spiro atoms. The molecule has 2 N–H and O–H groups in total. The number of fused-ring (bicyclic) bond motifs is 1. The van der Waals surface area contributed by atoms with Crippen molar-refractivity contribution in [1.82, 2.24) is 19.1 Å². The van der Waals surface area contributed by atoms with Gasteiger partial charge in [-0.1, -0.05) is 19.1 Å². The summed E-state index contributed by atoms with van der Waals surface area (Å²) in [6.07, 6.45) is 1.65. The first-order valence-electron chi connectivity index (χ1n) is 8.61. The van der Waals surface area contributed by atoms with Gasteiger partial charge in [-0.05, 0) is 30.5 Å². The van der Waals surface area contributed by atoms with Crippen LogP contribution in [-0.2, 0) is 20.0 Å². The van der Waals surface area contributed by atoms with Gasteiger partial charge in [0.15, 0.2) is 11.2 Å². The summed E-state index contributed by atoms with van der Waals surface area (Å²) in [7, 11) is 3.24. The van der Waals surface area contributed by atoms with Crippen molar-refractivity contribution in [3.63, 3.8) is 0 Å². The van der Waals surface area contributed by atoms with Gasteiger partial charge < -0.3 is 14.6 Å². The summed E-state index contributed by atoms with van der Waals surface area (Å²) in [6.45, 7) is 3.35. The third kappa shape index (κ3) is 3.35. The van der Waals surface area contributed by atoms with Crippen LogP contribution in [0.25, 0.3) is 11.2 Å². The fraction of sp³-hybridized carbons (Fsp3) is 0.389. The Morgan fingerprint density at radius 1 is 1.23 bits per heavy atom. The van der Waals surface area contributed by atoms with Crippen molar-refractivity contribution >= 4 is 17.1 Å². The van der Waals surface area contributed by atoms with Crippen LogP contribution in [0, 0.1) is 0 Å². The number of imidazole rings is 1. The first-order chi connectivity index (χ1) is 12.5. The number of hydrogen-bond acceptors (Lipinski definition) is 5. The normalized spacial score (nSPS) is 11.0. The largest absolute Gasteiger partial charge is 0.497 e. The van der Waals surface area contributed by atoms with Gasteiger partial charge in [-0.3, -0.25) is 14.3 Å². The van der Waals surface area contributed by atoms with Gasteiger partial charge in [-0.25, -0.2) is 4.79 Å². The molecule has 0 amide bonds. The number of H-pyrrole nitrogens is 1. The molecule has 2 heterocycles. The minimum Gasteiger partial charge on any atom is -0.497 e. The number of hydrogen-bond donors (Lipinski definition) is 2. The van der Waals surface area contributed by atoms with E-state index in [0.717, 1.165) is 30.7 Å². The molecule has 138 valence electrons. The van der Waals surface area contributed by atoms with Crippen LogP contribution in [0.2, 0.25) is 0 Å². The van der Waals surface area contributed by atoms with Gasteiger partial charge in [0.2, 0.25) is 5.95 Å². The summed E-state index contributed by atoms with van der Waals surface area (Å²) in [4.78, 5) is 31.1. The van der Waals surface area contributed by atoms with E-state index in [1.54, 1.807) is 14.2 Å². The lowest BCUT2D eigenvalue weighted by Crippen LogP contribution is -2.29. The first-order valence-corrected chi connectivity index (χ1v) is 8.61. The molecule has 0 unspecified atom stereocenters. The van der Waals surface area contributed by atoms with E-state index in [1.165, 1.54) is 4.57 Å². The molecule has 2 aromatic heterocycles. The molecule has 8 nitrogen and oxygen atoms in total. The molecule has 0 fully saturated rings. The van der Waals surface area contributed by atoms with Gasteiger partial charge in [0.25, 0.3) is 5.56 Å². The lowest BCUT2D eigenvalue weighted by Gasteiger charge is -2.10. The average molecular weight is 357 g/mol. The van der Waals surface area contributed by atoms with Crippen LogP contribution >= 0.6 is 0 Å². The van der Waals surface area contributed by atoms with Gasteiger partial charge in [0, 0.05) is 20.1 Å². The monoisotopic (exact) mass is 357 g/mol. The number of nitrogens with one attached hydrogen (secondary N) is 2. The van der Waals surface area contributed by atoms with Gasteiger partial charge in [-0.2, -0.15) is 4.98 Å². The van der Waals surface area contributed by atoms with Gasteiger partial charge >= 0.3 is 5.69 Å². The van der Waals surface area contributed by atoms with Crippen molar-refractivity contribution in [3.05, 3.63) is 50.7 Å². The SMILES string of the molecule is CCCNc1nc2c(c(=O)[nH]c(=O)n2C)n1CCc1ccc(OC)cc1. The number of aryl methyl sites for hydroxylation is 3. The van der Waals surface area contributed by atoms with Crippen LogP contribution < -0.4 is 21.3 Å². The fourth-order valence-corrected chi connectivity index (χ4v) is 2.86. The zero-order chi connectivity index (χ0) is 18.7. The number of rotatable bonds is 7. The summed E-state index contributed by atoms with van der Waals surface area (Å²) >= 11 is 0. The Morgan fingerprint density at radius 3 is 2.62 bits per heavy atom. The predicted molar refractivity (Wildman–Crippen MR) is 101 cm³/mol. The van der Waals surface area contributed by atoms with E-state index in [-0.39, 0.29) is 0 Å². The Labute approximate surface area is 150 Å². The van der Waals surface area contributed by atoms with Crippen LogP contribution in [0.4, 0.5) is 5.95 Å². The average Bonchev–Trinajstić information content (AvgIpc) is 3.02. The molecule has 8 heteroatoms. The maximum absolute atomic E-state index is 12.4. The number of methoxy groups -OCH3 is 1. The van der Waals surface area contributed by atoms with Crippen molar-refractivity contribution in [2.75, 3.05) is 19.0 Å². The van der Waals surface area contributed by atoms with Crippen LogP contribution in [0.15, 0.2) is 33.9 Å². The summed E-state index contributed by atoms with van der Waals surface area (Å²) in [6, 6.07) is 7.82. The van der Waals surface area contributed by atoms with Gasteiger partial charge in [-0.15, -0.1) is 0 Å². The zero-order valence-corrected chi connectivity index (χ0v) is 15.2. The third-order valence-electron chi connectivity index (χ3n) is 4.32. The van der Waals surface area contributed by atoms with E-state index in [4.69, 9.17) is 4.74 Å². The van der Waals surface area contributed by atoms with E-state index in [1.807, 2.05) is 28.8 Å². The molecule has 26 heavy (non-hydrogen) atoms. The molecule has 0 radical (unpaired) electrons. The van der Waals surface area contributed by atoms with Crippen LogP contribution in [0.1, 0.15) is 18.9 Å². The van der Waals surface area contributed by atoms with Crippen molar-refractivity contribution in [2.24, 2.45) is 7.05 Å². The maximum atomic E-state index is 12.4. The molecule has 3 rings (SSSR count). The molecule has 1 aromatic carbocycles. The Kier molecular flexibility index (Phi) is 5.11. The number of aromatic amines is 1. The van der Waals surface area contributed by atoms with E-state index >= 15 is 0 Å². The van der Waals surface area contributed by atoms with Gasteiger partial charge in [0.05, 0.1) is 7.11 Å². The molecular formula is C18H23N5O3. The highest BCUT2D eigenvalue weighted by molar-refractivity contribution is 5.74. The molecule has 3 aromatic rings. The molecule has 0 bridgehead atoms. The van der Waals surface area contributed by atoms with Crippen molar-refractivity contribution < 1.29 is 4.74 Å². The van der Waals surface area contributed by atoms with Crippen molar-refractivity contribution in [2.45, 2.75) is 26.3 Å². The third-order valence-corrected chi connectivity index (χ3v) is 4.32. The molecule has 0 aliphatic rings. The Balaban J connectivity index is 2.00. The maximum Gasteiger partial charge on any atom is 0.329 e. The van der Waals surface area contributed by atoms with Gasteiger partial charge in [0.1, 0.15) is 5.75 Å². The second-order valence-electron chi connectivity index (χ2n) is 6.10. The smallest absolute Gasteiger partial charge is 0.329 e. The lowest BCUT2D eigenvalue weighted by molar-refractivity contribution is 0.414. The summed E-state index contributed by atoms with van der Waals surface area (Å²) in [5.41, 5.74) is 1.01. The summed E-state index contributed by atoms with van der Waals surface area (Å²) in [5.74, 6) is 1.40. The molecule has 0 saturated carbocycles. The number of nitrogens with zero attached hydrogens (tertiary/aromatic N) is 3. The van der Waals surface area contributed by atoms with Crippen LogP contribution in [0.3, 0.4) is 0 Å². The highest BCUT2D eigenvalue weighted by Gasteiger charge is 2.16. The Morgan fingerprint density at radius 2 is 1.96 bits per heavy atom. The predicted octanol–water partition coefficient (Wildman–Crippen LogP) is 1.50. The van der Waals surface area contributed by atoms with E-state index < -0.39 is 11.2 Å². The van der Waals surface area contributed by atoms with E-state index in [9.17, 15) is 9.59 Å². The topological polar surface area (TPSA) is 93.9 Å². The second kappa shape index (κ2) is 7.47. The first kappa shape index (κ1) is 17.8. The molecule has 0 atom stereocenters. The molecule has 0 aliphatic carbocycles. The number of benzene rings is 1. The number of ether oxygens (including phenoxy) is 1. The highest BCUT2D eigenvalue weighted by Crippen LogP contribution is 2.18. The minimum absolute atomic E-state index is 0.382. The fourth-order valence-electron chi connectivity index (χ4n) is 2.86. The van der Waals surface area contributed by atoms with Crippen molar-refractivity contribution in [1.29, 1.82) is 0 Å². The molecule has 0 aliphatic heterocycles. The number of anilines is 1. The highest BCUT2D eigenvalue weighted by atomic mass is 16.5. The van der Waals surface area contributed by atoms with Crippen molar-refractivity contribution in [3.8, 4) is 5.75 Å². The Hall–Kier alpha value is -3.03. The lowest BCUT2D eigenvalue weighted by atomic mass is 10.1. The molecular weight excluding hydrogens is 334 g/mol. The quantitative estimate of drug-likeness (QED) is 0.668. The van der Waals surface area contributed by atoms with Crippen LogP contribution in [-0.4, -0.2) is 32.8 Å². The summed E-state index contributed by atoms with van der Waals surface area (Å²) < 4.78 is 8.38. The summed E-state index contributed by atoms with van der Waals surface area (Å²) in [5, 5.41) is 3.24. The number of aromatic nitrogens is 4. The molecule has 0 saturated heterocycles. The van der Waals surface area contributed by atoms with Crippen LogP contribution in [0.5, 0.6) is 5.75 Å². The van der Waals surface area contributed by atoms with E-state index in [0.29, 0.717) is 23.7 Å². The van der Waals surface area contributed by atoms with E-state index in [2.05, 4.69) is 22.2 Å². The Bertz CT molecular complexity index is 1010.